The molecule has 0 radical (unpaired) electrons. The van der Waals surface area contributed by atoms with Crippen LogP contribution in [-0.2, 0) is 21.4 Å². The van der Waals surface area contributed by atoms with Gasteiger partial charge in [0.15, 0.2) is 0 Å². The van der Waals surface area contributed by atoms with E-state index in [0.29, 0.717) is 23.6 Å². The molecule has 1 atom stereocenters. The van der Waals surface area contributed by atoms with E-state index in [1.807, 2.05) is 24.3 Å². The fourth-order valence-electron chi connectivity index (χ4n) is 3.68. The maximum Gasteiger partial charge on any atom is 0.261 e. The fourth-order valence-corrected chi connectivity index (χ4v) is 5.55. The van der Waals surface area contributed by atoms with Gasteiger partial charge in [0.05, 0.1) is 15.4 Å². The molecule has 1 amide bonds. The monoisotopic (exact) mass is 461 g/mol. The maximum absolute atomic E-state index is 12.9. The lowest BCUT2D eigenvalue weighted by atomic mass is 10.1. The number of ether oxygens (including phenoxy) is 1. The number of aromatic nitrogens is 1. The Morgan fingerprint density at radius 1 is 1.23 bits per heavy atom. The fraction of sp³-hybridized carbons (Fsp3) is 0.238. The van der Waals surface area contributed by atoms with Crippen molar-refractivity contribution in [2.24, 2.45) is 0 Å². The van der Waals surface area contributed by atoms with Crippen LogP contribution in [0.15, 0.2) is 59.6 Å². The highest BCUT2D eigenvalue weighted by Crippen LogP contribution is 2.29. The molecule has 4 rings (SSSR count). The summed E-state index contributed by atoms with van der Waals surface area (Å²) in [6, 6.07) is 12.6. The number of hydroxylamine groups is 1. The number of hydrogen-bond acceptors (Lipinski definition) is 6. The lowest BCUT2D eigenvalue weighted by Crippen LogP contribution is -2.44. The second-order valence-corrected chi connectivity index (χ2v) is 9.41. The molecule has 2 heterocycles. The minimum atomic E-state index is -3.89. The molecule has 1 fully saturated rings. The zero-order valence-corrected chi connectivity index (χ0v) is 17.9. The molecule has 1 aromatic heterocycles. The van der Waals surface area contributed by atoms with E-state index in [-0.39, 0.29) is 18.0 Å². The summed E-state index contributed by atoms with van der Waals surface area (Å²) >= 11 is 6.30. The van der Waals surface area contributed by atoms with Gasteiger partial charge >= 0.3 is 0 Å². The van der Waals surface area contributed by atoms with E-state index in [1.165, 1.54) is 17.6 Å². The second-order valence-electron chi connectivity index (χ2n) is 7.11. The zero-order chi connectivity index (χ0) is 22.0. The van der Waals surface area contributed by atoms with Gasteiger partial charge in [-0.1, -0.05) is 29.8 Å². The normalized spacial score (nSPS) is 17.0. The van der Waals surface area contributed by atoms with E-state index in [0.717, 1.165) is 20.8 Å². The number of halogens is 1. The Labute approximate surface area is 184 Å². The van der Waals surface area contributed by atoms with Gasteiger partial charge < -0.3 is 4.74 Å². The number of sulfonamides is 1. The Balaban J connectivity index is 1.52. The molecule has 1 aliphatic rings. The number of carbonyl (C=O) groups excluding carboxylic acids is 1. The van der Waals surface area contributed by atoms with Crippen LogP contribution in [0.1, 0.15) is 18.4 Å². The lowest BCUT2D eigenvalue weighted by Gasteiger charge is -2.22. The van der Waals surface area contributed by atoms with Crippen LogP contribution in [0.25, 0.3) is 10.9 Å². The number of benzene rings is 2. The number of carbonyl (C=O) groups is 1. The summed E-state index contributed by atoms with van der Waals surface area (Å²) in [7, 11) is -3.89. The van der Waals surface area contributed by atoms with E-state index in [9.17, 15) is 13.2 Å². The van der Waals surface area contributed by atoms with E-state index >= 15 is 0 Å². The molecule has 0 aliphatic carbocycles. The minimum absolute atomic E-state index is 0.0462. The Hall–Kier alpha value is -2.72. The van der Waals surface area contributed by atoms with Gasteiger partial charge in [-0.25, -0.2) is 13.9 Å². The molecule has 162 valence electrons. The number of hydrogen-bond donors (Lipinski definition) is 2. The molecule has 2 N–H and O–H groups in total. The van der Waals surface area contributed by atoms with Crippen molar-refractivity contribution in [1.82, 2.24) is 14.8 Å². The van der Waals surface area contributed by atoms with Gasteiger partial charge in [0, 0.05) is 23.7 Å². The van der Waals surface area contributed by atoms with Crippen molar-refractivity contribution in [3.05, 3.63) is 65.3 Å². The summed E-state index contributed by atoms with van der Waals surface area (Å²) in [4.78, 5) is 16.1. The Morgan fingerprint density at radius 3 is 2.71 bits per heavy atom. The van der Waals surface area contributed by atoms with Crippen LogP contribution in [0.4, 0.5) is 0 Å². The van der Waals surface area contributed by atoms with Gasteiger partial charge in [-0.05, 0) is 43.2 Å². The molecular weight excluding hydrogens is 442 g/mol. The topological polar surface area (TPSA) is 109 Å². The van der Waals surface area contributed by atoms with Gasteiger partial charge in [0.25, 0.3) is 5.91 Å². The molecule has 1 aliphatic heterocycles. The molecular formula is C21H20ClN3O5S. The molecule has 0 bridgehead atoms. The lowest BCUT2D eigenvalue weighted by molar-refractivity contribution is -0.132. The molecule has 0 spiro atoms. The Bertz CT molecular complexity index is 1220. The van der Waals surface area contributed by atoms with E-state index in [4.69, 9.17) is 21.5 Å². The van der Waals surface area contributed by atoms with Gasteiger partial charge in [0.1, 0.15) is 18.4 Å². The van der Waals surface area contributed by atoms with E-state index < -0.39 is 22.0 Å². The standard InChI is InChI=1S/C21H20ClN3O5S/c22-18-12-23-19-5-2-1-4-16(19)17(18)13-30-14-7-9-15(10-8-14)31(28,29)25-11-3-6-20(25)21(26)24-27/h1-2,4-5,7-10,12,20,27H,3,6,11,13H2,(H,24,26)/t20-/m1/s1. The van der Waals surface area contributed by atoms with Crippen LogP contribution >= 0.6 is 11.6 Å². The molecule has 0 unspecified atom stereocenters. The van der Waals surface area contributed by atoms with Crippen LogP contribution in [0.2, 0.25) is 5.02 Å². The van der Waals surface area contributed by atoms with Crippen LogP contribution in [0.5, 0.6) is 5.75 Å². The summed E-state index contributed by atoms with van der Waals surface area (Å²) in [6.45, 7) is 0.408. The molecule has 31 heavy (non-hydrogen) atoms. The van der Waals surface area contributed by atoms with Crippen molar-refractivity contribution in [3.8, 4) is 5.75 Å². The number of pyridine rings is 1. The second kappa shape index (κ2) is 8.80. The first-order valence-corrected chi connectivity index (χ1v) is 11.4. The van der Waals surface area contributed by atoms with Crippen LogP contribution in [0.3, 0.4) is 0 Å². The number of rotatable bonds is 6. The molecule has 2 aromatic carbocycles. The summed E-state index contributed by atoms with van der Waals surface area (Å²) in [5.74, 6) is -0.260. The number of fused-ring (bicyclic) bond motifs is 1. The van der Waals surface area contributed by atoms with Crippen molar-refractivity contribution in [2.45, 2.75) is 30.4 Å². The first kappa shape index (κ1) is 21.5. The van der Waals surface area contributed by atoms with Crippen LogP contribution < -0.4 is 10.2 Å². The summed E-state index contributed by atoms with van der Waals surface area (Å²) in [5, 5.41) is 10.2. The number of nitrogens with zero attached hydrogens (tertiary/aromatic N) is 2. The number of nitrogens with one attached hydrogen (secondary N) is 1. The maximum atomic E-state index is 12.9. The molecule has 0 saturated carbocycles. The third-order valence-corrected chi connectivity index (χ3v) is 7.51. The first-order valence-electron chi connectivity index (χ1n) is 9.62. The zero-order valence-electron chi connectivity index (χ0n) is 16.4. The highest BCUT2D eigenvalue weighted by atomic mass is 35.5. The van der Waals surface area contributed by atoms with Crippen molar-refractivity contribution in [3.63, 3.8) is 0 Å². The largest absolute Gasteiger partial charge is 0.489 e. The predicted molar refractivity (Wildman–Crippen MR) is 114 cm³/mol. The summed E-state index contributed by atoms with van der Waals surface area (Å²) < 4.78 is 32.8. The van der Waals surface area contributed by atoms with E-state index in [2.05, 4.69) is 4.98 Å². The minimum Gasteiger partial charge on any atom is -0.489 e. The molecule has 8 nitrogen and oxygen atoms in total. The van der Waals surface area contributed by atoms with Crippen molar-refractivity contribution in [1.29, 1.82) is 0 Å². The van der Waals surface area contributed by atoms with Crippen LogP contribution in [-0.4, -0.2) is 41.4 Å². The third kappa shape index (κ3) is 4.22. The predicted octanol–water partition coefficient (Wildman–Crippen LogP) is 3.13. The highest BCUT2D eigenvalue weighted by molar-refractivity contribution is 7.89. The molecule has 3 aromatic rings. The van der Waals surface area contributed by atoms with Gasteiger partial charge in [-0.15, -0.1) is 0 Å². The summed E-state index contributed by atoms with van der Waals surface area (Å²) in [6.07, 6.45) is 2.47. The molecule has 10 heteroatoms. The van der Waals surface area contributed by atoms with Gasteiger partial charge in [0.2, 0.25) is 10.0 Å². The Kier molecular flexibility index (Phi) is 6.10. The van der Waals surface area contributed by atoms with Crippen molar-refractivity contribution >= 4 is 38.4 Å². The third-order valence-electron chi connectivity index (χ3n) is 5.26. The Morgan fingerprint density at radius 2 is 1.97 bits per heavy atom. The van der Waals surface area contributed by atoms with Crippen molar-refractivity contribution in [2.75, 3.05) is 6.54 Å². The smallest absolute Gasteiger partial charge is 0.261 e. The average Bonchev–Trinajstić information content (AvgIpc) is 3.29. The molecule has 1 saturated heterocycles. The average molecular weight is 462 g/mol. The highest BCUT2D eigenvalue weighted by Gasteiger charge is 2.39. The van der Waals surface area contributed by atoms with Gasteiger partial charge in [-0.2, -0.15) is 4.31 Å². The quantitative estimate of drug-likeness (QED) is 0.431. The summed E-state index contributed by atoms with van der Waals surface area (Å²) in [5.41, 5.74) is 3.13. The van der Waals surface area contributed by atoms with Crippen LogP contribution in [0, 0.1) is 0 Å². The number of amides is 1. The van der Waals surface area contributed by atoms with Gasteiger partial charge in [-0.3, -0.25) is 15.0 Å². The SMILES string of the molecule is O=C(NO)[C@H]1CCCN1S(=O)(=O)c1ccc(OCc2c(Cl)cnc3ccccc23)cc1. The number of para-hydroxylation sites is 1. The van der Waals surface area contributed by atoms with E-state index in [1.54, 1.807) is 18.3 Å². The first-order chi connectivity index (χ1) is 14.9. The van der Waals surface area contributed by atoms with Crippen molar-refractivity contribution < 1.29 is 23.2 Å².